The molecule has 0 aliphatic carbocycles. The van der Waals surface area contributed by atoms with Gasteiger partial charge in [-0.05, 0) is 61.0 Å². The van der Waals surface area contributed by atoms with Gasteiger partial charge in [-0.3, -0.25) is 15.2 Å². The molecule has 150 valence electrons. The molecule has 0 aliphatic rings. The lowest BCUT2D eigenvalue weighted by atomic mass is 10.0. The first-order chi connectivity index (χ1) is 13.6. The van der Waals surface area contributed by atoms with E-state index in [9.17, 15) is 14.0 Å². The summed E-state index contributed by atoms with van der Waals surface area (Å²) in [5.74, 6) is -1.04. The highest BCUT2D eigenvalue weighted by atomic mass is 79.9. The summed E-state index contributed by atoms with van der Waals surface area (Å²) in [5.41, 5.74) is 5.44. The highest BCUT2D eigenvalue weighted by Crippen LogP contribution is 2.27. The second-order valence-electron chi connectivity index (χ2n) is 7.16. The highest BCUT2D eigenvalue weighted by Gasteiger charge is 2.19. The molecule has 3 rings (SSSR count). The van der Waals surface area contributed by atoms with Crippen molar-refractivity contribution in [2.75, 3.05) is 0 Å². The summed E-state index contributed by atoms with van der Waals surface area (Å²) >= 11 is 3.11. The number of rotatable bonds is 2. The van der Waals surface area contributed by atoms with Gasteiger partial charge in [0.15, 0.2) is 0 Å². The standard InChI is InChI=1S/C20H18BrFN4O3/c1-20(2,3)29-19(28)26-25-18(27)12-9-17(11-4-5-14(21)15(22)8-11)24-16-6-7-23-10-13(12)16/h4-10H,1-3H3,(H,25,27)(H,26,28). The minimum Gasteiger partial charge on any atom is -0.443 e. The van der Waals surface area contributed by atoms with Crippen LogP contribution in [0.2, 0.25) is 0 Å². The number of hydrogen-bond donors (Lipinski definition) is 2. The van der Waals surface area contributed by atoms with Crippen molar-refractivity contribution in [3.05, 3.63) is 58.6 Å². The van der Waals surface area contributed by atoms with E-state index in [1.54, 1.807) is 45.2 Å². The maximum absolute atomic E-state index is 14.0. The van der Waals surface area contributed by atoms with E-state index < -0.39 is 23.4 Å². The summed E-state index contributed by atoms with van der Waals surface area (Å²) in [4.78, 5) is 33.0. The van der Waals surface area contributed by atoms with Gasteiger partial charge in [-0.1, -0.05) is 6.07 Å². The third-order valence-electron chi connectivity index (χ3n) is 3.75. The van der Waals surface area contributed by atoms with Crippen LogP contribution in [0, 0.1) is 5.82 Å². The zero-order chi connectivity index (χ0) is 21.2. The summed E-state index contributed by atoms with van der Waals surface area (Å²) in [6.45, 7) is 5.13. The van der Waals surface area contributed by atoms with Crippen LogP contribution in [0.25, 0.3) is 22.2 Å². The number of hydrazine groups is 1. The first-order valence-corrected chi connectivity index (χ1v) is 9.43. The van der Waals surface area contributed by atoms with Crippen molar-refractivity contribution in [3.8, 4) is 11.3 Å². The second-order valence-corrected chi connectivity index (χ2v) is 8.01. The first-order valence-electron chi connectivity index (χ1n) is 8.63. The van der Waals surface area contributed by atoms with Crippen molar-refractivity contribution in [3.63, 3.8) is 0 Å². The van der Waals surface area contributed by atoms with Crippen LogP contribution in [0.5, 0.6) is 0 Å². The van der Waals surface area contributed by atoms with Crippen molar-refractivity contribution in [2.45, 2.75) is 26.4 Å². The van der Waals surface area contributed by atoms with Crippen LogP contribution in [0.1, 0.15) is 31.1 Å². The highest BCUT2D eigenvalue weighted by molar-refractivity contribution is 9.10. The van der Waals surface area contributed by atoms with Gasteiger partial charge >= 0.3 is 6.09 Å². The van der Waals surface area contributed by atoms with Gasteiger partial charge in [0.2, 0.25) is 0 Å². The monoisotopic (exact) mass is 460 g/mol. The van der Waals surface area contributed by atoms with Crippen LogP contribution in [0.4, 0.5) is 9.18 Å². The van der Waals surface area contributed by atoms with Crippen LogP contribution in [0.3, 0.4) is 0 Å². The molecule has 7 nitrogen and oxygen atoms in total. The van der Waals surface area contributed by atoms with Gasteiger partial charge in [-0.25, -0.2) is 19.6 Å². The molecule has 9 heteroatoms. The van der Waals surface area contributed by atoms with Crippen LogP contribution in [-0.2, 0) is 4.74 Å². The molecule has 1 aromatic carbocycles. The predicted molar refractivity (Wildman–Crippen MR) is 109 cm³/mol. The number of nitrogens with one attached hydrogen (secondary N) is 2. The molecular weight excluding hydrogens is 443 g/mol. The number of carbonyl (C=O) groups is 2. The number of ether oxygens (including phenoxy) is 1. The molecule has 0 radical (unpaired) electrons. The lowest BCUT2D eigenvalue weighted by Crippen LogP contribution is -2.44. The number of nitrogens with zero attached hydrogens (tertiary/aromatic N) is 2. The van der Waals surface area contributed by atoms with E-state index in [4.69, 9.17) is 4.74 Å². The van der Waals surface area contributed by atoms with Gasteiger partial charge in [-0.2, -0.15) is 0 Å². The van der Waals surface area contributed by atoms with E-state index in [1.165, 1.54) is 18.3 Å². The van der Waals surface area contributed by atoms with Crippen molar-refractivity contribution in [1.82, 2.24) is 20.8 Å². The normalized spacial score (nSPS) is 11.2. The van der Waals surface area contributed by atoms with Gasteiger partial charge in [0.25, 0.3) is 5.91 Å². The van der Waals surface area contributed by atoms with Crippen molar-refractivity contribution in [1.29, 1.82) is 0 Å². The fraction of sp³-hybridized carbons (Fsp3) is 0.200. The Hall–Kier alpha value is -3.07. The summed E-state index contributed by atoms with van der Waals surface area (Å²) in [6.07, 6.45) is 2.25. The maximum Gasteiger partial charge on any atom is 0.426 e. The third kappa shape index (κ3) is 5.05. The van der Waals surface area contributed by atoms with Gasteiger partial charge in [0.1, 0.15) is 11.4 Å². The van der Waals surface area contributed by atoms with E-state index in [2.05, 4.69) is 36.7 Å². The van der Waals surface area contributed by atoms with Gasteiger partial charge in [-0.15, -0.1) is 0 Å². The zero-order valence-electron chi connectivity index (χ0n) is 15.9. The summed E-state index contributed by atoms with van der Waals surface area (Å²) in [5, 5.41) is 0.484. The minimum absolute atomic E-state index is 0.220. The quantitative estimate of drug-likeness (QED) is 0.553. The van der Waals surface area contributed by atoms with Crippen LogP contribution in [-0.4, -0.2) is 27.6 Å². The average Bonchev–Trinajstić information content (AvgIpc) is 2.66. The van der Waals surface area contributed by atoms with Gasteiger partial charge in [0, 0.05) is 23.3 Å². The van der Waals surface area contributed by atoms with Crippen molar-refractivity contribution >= 4 is 38.8 Å². The van der Waals surface area contributed by atoms with E-state index in [0.29, 0.717) is 26.6 Å². The van der Waals surface area contributed by atoms with E-state index in [1.807, 2.05) is 0 Å². The molecular formula is C20H18BrFN4O3. The Balaban J connectivity index is 1.95. The number of benzene rings is 1. The maximum atomic E-state index is 14.0. The molecule has 2 N–H and O–H groups in total. The Bertz CT molecular complexity index is 1100. The number of aromatic nitrogens is 2. The van der Waals surface area contributed by atoms with Crippen molar-refractivity contribution < 1.29 is 18.7 Å². The zero-order valence-corrected chi connectivity index (χ0v) is 17.5. The molecule has 0 saturated heterocycles. The number of amides is 2. The number of halogens is 2. The molecule has 0 aliphatic heterocycles. The number of pyridine rings is 2. The summed E-state index contributed by atoms with van der Waals surface area (Å²) in [6, 6.07) is 7.72. The number of carbonyl (C=O) groups excluding carboxylic acids is 2. The average molecular weight is 461 g/mol. The molecule has 0 fully saturated rings. The molecule has 0 atom stereocenters. The Morgan fingerprint density at radius 3 is 2.59 bits per heavy atom. The lowest BCUT2D eigenvalue weighted by molar-refractivity contribution is 0.0483. The van der Waals surface area contributed by atoms with Crippen LogP contribution >= 0.6 is 15.9 Å². The number of fused-ring (bicyclic) bond motifs is 1. The topological polar surface area (TPSA) is 93.2 Å². The lowest BCUT2D eigenvalue weighted by Gasteiger charge is -2.19. The molecule has 29 heavy (non-hydrogen) atoms. The fourth-order valence-corrected chi connectivity index (χ4v) is 2.79. The molecule has 0 unspecified atom stereocenters. The summed E-state index contributed by atoms with van der Waals surface area (Å²) in [7, 11) is 0. The van der Waals surface area contributed by atoms with Crippen LogP contribution < -0.4 is 10.9 Å². The Morgan fingerprint density at radius 2 is 1.90 bits per heavy atom. The summed E-state index contributed by atoms with van der Waals surface area (Å²) < 4.78 is 19.4. The Kier molecular flexibility index (Phi) is 5.78. The fourth-order valence-electron chi connectivity index (χ4n) is 2.54. The largest absolute Gasteiger partial charge is 0.443 e. The van der Waals surface area contributed by atoms with E-state index in [0.717, 1.165) is 0 Å². The SMILES string of the molecule is CC(C)(C)OC(=O)NNC(=O)c1cc(-c2ccc(Br)c(F)c2)nc2ccncc12. The molecule has 0 bridgehead atoms. The van der Waals surface area contributed by atoms with Crippen LogP contribution in [0.15, 0.2) is 47.2 Å². The first kappa shape index (κ1) is 20.7. The molecule has 0 spiro atoms. The molecule has 0 saturated carbocycles. The molecule has 2 aromatic heterocycles. The Morgan fingerprint density at radius 1 is 1.14 bits per heavy atom. The molecule has 3 aromatic rings. The molecule has 2 amide bonds. The number of hydrogen-bond acceptors (Lipinski definition) is 5. The van der Waals surface area contributed by atoms with Gasteiger partial charge in [0.05, 0.1) is 21.2 Å². The predicted octanol–water partition coefficient (Wildman–Crippen LogP) is 4.37. The van der Waals surface area contributed by atoms with E-state index >= 15 is 0 Å². The third-order valence-corrected chi connectivity index (χ3v) is 4.39. The van der Waals surface area contributed by atoms with Crippen molar-refractivity contribution in [2.24, 2.45) is 0 Å². The molecule has 2 heterocycles. The Labute approximate surface area is 174 Å². The smallest absolute Gasteiger partial charge is 0.426 e. The van der Waals surface area contributed by atoms with E-state index in [-0.39, 0.29) is 5.56 Å². The minimum atomic E-state index is -0.794. The second kappa shape index (κ2) is 8.12. The van der Waals surface area contributed by atoms with Gasteiger partial charge < -0.3 is 4.74 Å².